The Morgan fingerprint density at radius 1 is 0.800 bits per heavy atom. The van der Waals surface area contributed by atoms with E-state index in [4.69, 9.17) is 11.6 Å². The van der Waals surface area contributed by atoms with E-state index in [1.165, 1.54) is 0 Å². The van der Waals surface area contributed by atoms with Gasteiger partial charge in [-0.1, -0.05) is 66.2 Å². The Kier molecular flexibility index (Phi) is 5.26. The van der Waals surface area contributed by atoms with Crippen molar-refractivity contribution >= 4 is 23.2 Å². The number of amides is 1. The van der Waals surface area contributed by atoms with Crippen LogP contribution >= 0.6 is 11.6 Å². The molecule has 0 aromatic heterocycles. The minimum atomic E-state index is -0.243. The van der Waals surface area contributed by atoms with Crippen LogP contribution in [0, 0.1) is 0 Å². The van der Waals surface area contributed by atoms with Gasteiger partial charge in [0.25, 0.3) is 5.91 Å². The highest BCUT2D eigenvalue weighted by Crippen LogP contribution is 2.19. The van der Waals surface area contributed by atoms with E-state index in [2.05, 4.69) is 10.5 Å². The quantitative estimate of drug-likeness (QED) is 0.513. The Morgan fingerprint density at radius 3 is 2.00 bits per heavy atom. The lowest BCUT2D eigenvalue weighted by Gasteiger charge is -2.05. The topological polar surface area (TPSA) is 41.5 Å². The van der Waals surface area contributed by atoms with Gasteiger partial charge in [-0.25, -0.2) is 5.43 Å². The van der Waals surface area contributed by atoms with Gasteiger partial charge >= 0.3 is 0 Å². The predicted molar refractivity (Wildman–Crippen MR) is 103 cm³/mol. The molecule has 0 aliphatic carbocycles. The number of halogens is 1. The highest BCUT2D eigenvalue weighted by molar-refractivity contribution is 6.30. The molecule has 1 N–H and O–H groups in total. The van der Waals surface area contributed by atoms with E-state index >= 15 is 0 Å². The molecule has 0 spiro atoms. The van der Waals surface area contributed by atoms with E-state index in [0.29, 0.717) is 16.3 Å². The average molecular weight is 349 g/mol. The van der Waals surface area contributed by atoms with Crippen molar-refractivity contribution in [3.05, 3.63) is 95.0 Å². The smallest absolute Gasteiger partial charge is 0.267 e. The second kappa shape index (κ2) is 7.77. The monoisotopic (exact) mass is 348 g/mol. The molecular weight excluding hydrogens is 332 g/mol. The maximum absolute atomic E-state index is 12.2. The Balaban J connectivity index is 1.69. The molecule has 1 amide bonds. The number of carbonyl (C=O) groups is 1. The first kappa shape index (κ1) is 16.9. The lowest BCUT2D eigenvalue weighted by Crippen LogP contribution is -2.19. The number of rotatable bonds is 4. The van der Waals surface area contributed by atoms with Crippen molar-refractivity contribution in [1.82, 2.24) is 5.43 Å². The maximum Gasteiger partial charge on any atom is 0.271 e. The van der Waals surface area contributed by atoms with E-state index in [9.17, 15) is 4.79 Å². The minimum absolute atomic E-state index is 0.243. The average Bonchev–Trinajstić information content (AvgIpc) is 2.67. The van der Waals surface area contributed by atoms with Crippen LogP contribution in [0.15, 0.2) is 84.0 Å². The minimum Gasteiger partial charge on any atom is -0.267 e. The van der Waals surface area contributed by atoms with Gasteiger partial charge in [-0.2, -0.15) is 5.10 Å². The summed E-state index contributed by atoms with van der Waals surface area (Å²) in [7, 11) is 0. The van der Waals surface area contributed by atoms with Crippen LogP contribution in [0.4, 0.5) is 0 Å². The summed E-state index contributed by atoms with van der Waals surface area (Å²) in [5.74, 6) is -0.243. The summed E-state index contributed by atoms with van der Waals surface area (Å²) in [6, 6.07) is 24.8. The number of hydrogen-bond donors (Lipinski definition) is 1. The largest absolute Gasteiger partial charge is 0.271 e. The molecule has 3 aromatic rings. The third kappa shape index (κ3) is 4.34. The second-order valence-corrected chi connectivity index (χ2v) is 6.02. The number of hydrazone groups is 1. The Labute approximate surface area is 152 Å². The molecule has 0 unspecified atom stereocenters. The molecule has 0 atom stereocenters. The van der Waals surface area contributed by atoms with Crippen molar-refractivity contribution in [3.63, 3.8) is 0 Å². The molecule has 4 heteroatoms. The summed E-state index contributed by atoms with van der Waals surface area (Å²) >= 11 is 5.87. The van der Waals surface area contributed by atoms with Crippen LogP contribution < -0.4 is 5.43 Å². The second-order valence-electron chi connectivity index (χ2n) is 5.59. The SMILES string of the molecule is CC(=NNC(=O)c1ccc(-c2ccccc2)cc1)c1ccc(Cl)cc1. The zero-order valence-electron chi connectivity index (χ0n) is 13.7. The standard InChI is InChI=1S/C21H17ClN2O/c1-15(16-11-13-20(22)14-12-16)23-24-21(25)19-9-7-18(8-10-19)17-5-3-2-4-6-17/h2-14H,1H3,(H,24,25). The van der Waals surface area contributed by atoms with Gasteiger partial charge < -0.3 is 0 Å². The van der Waals surface area contributed by atoms with Crippen molar-refractivity contribution in [2.75, 3.05) is 0 Å². The summed E-state index contributed by atoms with van der Waals surface area (Å²) < 4.78 is 0. The van der Waals surface area contributed by atoms with Crippen LogP contribution in [0.2, 0.25) is 5.02 Å². The summed E-state index contributed by atoms with van der Waals surface area (Å²) in [5.41, 5.74) is 6.95. The van der Waals surface area contributed by atoms with Crippen LogP contribution in [-0.2, 0) is 0 Å². The molecule has 0 fully saturated rings. The molecular formula is C21H17ClN2O. The summed E-state index contributed by atoms with van der Waals surface area (Å²) in [4.78, 5) is 12.2. The summed E-state index contributed by atoms with van der Waals surface area (Å²) in [6.07, 6.45) is 0. The highest BCUT2D eigenvalue weighted by Gasteiger charge is 2.06. The van der Waals surface area contributed by atoms with Crippen molar-refractivity contribution in [2.24, 2.45) is 5.10 Å². The normalized spacial score (nSPS) is 11.2. The van der Waals surface area contributed by atoms with Gasteiger partial charge in [0.1, 0.15) is 0 Å². The van der Waals surface area contributed by atoms with E-state index in [1.54, 1.807) is 24.3 Å². The molecule has 0 bridgehead atoms. The van der Waals surface area contributed by atoms with E-state index in [1.807, 2.05) is 61.5 Å². The van der Waals surface area contributed by atoms with Gasteiger partial charge in [0.2, 0.25) is 0 Å². The molecule has 0 radical (unpaired) electrons. The first-order valence-electron chi connectivity index (χ1n) is 7.89. The molecule has 0 aliphatic rings. The molecule has 0 aliphatic heterocycles. The van der Waals surface area contributed by atoms with Gasteiger partial charge in [0.15, 0.2) is 0 Å². The molecule has 3 rings (SSSR count). The van der Waals surface area contributed by atoms with Gasteiger partial charge in [0, 0.05) is 10.6 Å². The Hall–Kier alpha value is -2.91. The molecule has 0 saturated carbocycles. The number of benzene rings is 3. The van der Waals surface area contributed by atoms with E-state index in [0.717, 1.165) is 16.7 Å². The third-order valence-corrected chi connectivity index (χ3v) is 4.09. The first-order valence-corrected chi connectivity index (χ1v) is 8.27. The zero-order chi connectivity index (χ0) is 17.6. The number of hydrogen-bond acceptors (Lipinski definition) is 2. The summed E-state index contributed by atoms with van der Waals surface area (Å²) in [6.45, 7) is 1.84. The number of nitrogens with zero attached hydrogens (tertiary/aromatic N) is 1. The Morgan fingerprint density at radius 2 is 1.36 bits per heavy atom. The molecule has 3 aromatic carbocycles. The van der Waals surface area contributed by atoms with Crippen LogP contribution in [-0.4, -0.2) is 11.6 Å². The summed E-state index contributed by atoms with van der Waals surface area (Å²) in [5, 5.41) is 4.82. The highest BCUT2D eigenvalue weighted by atomic mass is 35.5. The molecule has 3 nitrogen and oxygen atoms in total. The predicted octanol–water partition coefficient (Wildman–Crippen LogP) is 5.16. The van der Waals surface area contributed by atoms with E-state index < -0.39 is 0 Å². The van der Waals surface area contributed by atoms with Crippen molar-refractivity contribution < 1.29 is 4.79 Å². The fraction of sp³-hybridized carbons (Fsp3) is 0.0476. The fourth-order valence-electron chi connectivity index (χ4n) is 2.40. The maximum atomic E-state index is 12.2. The molecule has 124 valence electrons. The zero-order valence-corrected chi connectivity index (χ0v) is 14.5. The van der Waals surface area contributed by atoms with Crippen molar-refractivity contribution in [1.29, 1.82) is 0 Å². The van der Waals surface area contributed by atoms with E-state index in [-0.39, 0.29) is 5.91 Å². The first-order chi connectivity index (χ1) is 12.1. The lowest BCUT2D eigenvalue weighted by atomic mass is 10.0. The van der Waals surface area contributed by atoms with Crippen molar-refractivity contribution in [3.8, 4) is 11.1 Å². The van der Waals surface area contributed by atoms with Gasteiger partial charge in [-0.15, -0.1) is 0 Å². The van der Waals surface area contributed by atoms with Gasteiger partial charge in [-0.05, 0) is 47.9 Å². The lowest BCUT2D eigenvalue weighted by molar-refractivity contribution is 0.0955. The van der Waals surface area contributed by atoms with Gasteiger partial charge in [-0.3, -0.25) is 4.79 Å². The fourth-order valence-corrected chi connectivity index (χ4v) is 2.53. The van der Waals surface area contributed by atoms with Crippen LogP contribution in [0.25, 0.3) is 11.1 Å². The van der Waals surface area contributed by atoms with Crippen LogP contribution in [0.5, 0.6) is 0 Å². The molecule has 0 heterocycles. The molecule has 25 heavy (non-hydrogen) atoms. The number of carbonyl (C=O) groups excluding carboxylic acids is 1. The van der Waals surface area contributed by atoms with Crippen LogP contribution in [0.1, 0.15) is 22.8 Å². The third-order valence-electron chi connectivity index (χ3n) is 3.84. The van der Waals surface area contributed by atoms with Crippen LogP contribution in [0.3, 0.4) is 0 Å². The number of nitrogens with one attached hydrogen (secondary N) is 1. The van der Waals surface area contributed by atoms with Gasteiger partial charge in [0.05, 0.1) is 5.71 Å². The van der Waals surface area contributed by atoms with Crippen molar-refractivity contribution in [2.45, 2.75) is 6.92 Å². The molecule has 0 saturated heterocycles. The Bertz CT molecular complexity index is 885.